The molecule has 2 rings (SSSR count). The molecule has 104 valence electrons. The summed E-state index contributed by atoms with van der Waals surface area (Å²) < 4.78 is 11.2. The molecule has 0 radical (unpaired) electrons. The third kappa shape index (κ3) is 2.89. The van der Waals surface area contributed by atoms with Crippen molar-refractivity contribution in [2.75, 3.05) is 25.6 Å². The van der Waals surface area contributed by atoms with Crippen LogP contribution in [0.3, 0.4) is 0 Å². The first-order valence-electron chi connectivity index (χ1n) is 6.62. The molecule has 1 saturated carbocycles. The summed E-state index contributed by atoms with van der Waals surface area (Å²) in [7, 11) is 1.72. The Morgan fingerprint density at radius 2 is 2.28 bits per heavy atom. The van der Waals surface area contributed by atoms with E-state index in [2.05, 4.69) is 15.9 Å². The number of morpholine rings is 1. The normalized spacial score (nSPS) is 30.9. The number of rotatable bonds is 4. The van der Waals surface area contributed by atoms with Gasteiger partial charge in [-0.1, -0.05) is 15.9 Å². The van der Waals surface area contributed by atoms with Gasteiger partial charge in [0.05, 0.1) is 30.8 Å². The van der Waals surface area contributed by atoms with Gasteiger partial charge in [0.15, 0.2) is 0 Å². The number of hydrogen-bond donors (Lipinski definition) is 0. The SMILES string of the molecule is COC1(CC(=O)N2CC(CBr)OCC2C)CCC1. The molecule has 1 aliphatic heterocycles. The van der Waals surface area contributed by atoms with E-state index in [-0.39, 0.29) is 23.7 Å². The predicted octanol–water partition coefficient (Wildman–Crippen LogP) is 1.96. The number of alkyl halides is 1. The van der Waals surface area contributed by atoms with Crippen LogP contribution in [-0.2, 0) is 14.3 Å². The molecule has 2 fully saturated rings. The molecule has 2 aliphatic rings. The van der Waals surface area contributed by atoms with Gasteiger partial charge in [0.1, 0.15) is 0 Å². The van der Waals surface area contributed by atoms with Gasteiger partial charge in [-0.05, 0) is 26.2 Å². The number of amides is 1. The molecule has 0 aromatic heterocycles. The Balaban J connectivity index is 1.94. The van der Waals surface area contributed by atoms with Crippen molar-refractivity contribution in [3.63, 3.8) is 0 Å². The van der Waals surface area contributed by atoms with E-state index < -0.39 is 0 Å². The van der Waals surface area contributed by atoms with Crippen LogP contribution in [0.15, 0.2) is 0 Å². The van der Waals surface area contributed by atoms with Gasteiger partial charge < -0.3 is 14.4 Å². The fourth-order valence-electron chi connectivity index (χ4n) is 2.66. The third-order valence-electron chi connectivity index (χ3n) is 4.17. The van der Waals surface area contributed by atoms with Crippen molar-refractivity contribution >= 4 is 21.8 Å². The van der Waals surface area contributed by atoms with Crippen molar-refractivity contribution in [1.29, 1.82) is 0 Å². The van der Waals surface area contributed by atoms with E-state index in [1.807, 2.05) is 11.8 Å². The quantitative estimate of drug-likeness (QED) is 0.743. The minimum Gasteiger partial charge on any atom is -0.378 e. The van der Waals surface area contributed by atoms with E-state index in [1.165, 1.54) is 6.42 Å². The summed E-state index contributed by atoms with van der Waals surface area (Å²) in [5.74, 6) is 0.207. The van der Waals surface area contributed by atoms with Crippen LogP contribution in [0, 0.1) is 0 Å². The Hall–Kier alpha value is -0.130. The summed E-state index contributed by atoms with van der Waals surface area (Å²) in [5.41, 5.74) is -0.182. The van der Waals surface area contributed by atoms with E-state index >= 15 is 0 Å². The van der Waals surface area contributed by atoms with Crippen molar-refractivity contribution in [2.45, 2.75) is 50.4 Å². The van der Waals surface area contributed by atoms with Crippen LogP contribution in [-0.4, -0.2) is 54.1 Å². The average molecular weight is 320 g/mol. The molecule has 1 saturated heterocycles. The molecule has 2 atom stereocenters. The maximum absolute atomic E-state index is 12.4. The lowest BCUT2D eigenvalue weighted by Gasteiger charge is -2.43. The van der Waals surface area contributed by atoms with Gasteiger partial charge in [-0.3, -0.25) is 4.79 Å². The maximum Gasteiger partial charge on any atom is 0.225 e. The molecule has 1 aliphatic carbocycles. The number of carbonyl (C=O) groups excluding carboxylic acids is 1. The van der Waals surface area contributed by atoms with Gasteiger partial charge in [0, 0.05) is 19.0 Å². The molecular formula is C13H22BrNO3. The Kier molecular flexibility index (Phi) is 4.67. The van der Waals surface area contributed by atoms with Gasteiger partial charge in [0.2, 0.25) is 5.91 Å². The molecule has 1 amide bonds. The Bertz CT molecular complexity index is 301. The summed E-state index contributed by atoms with van der Waals surface area (Å²) in [6, 6.07) is 0.168. The van der Waals surface area contributed by atoms with Gasteiger partial charge in [0.25, 0.3) is 0 Å². The van der Waals surface area contributed by atoms with Crippen molar-refractivity contribution < 1.29 is 14.3 Å². The molecule has 0 N–H and O–H groups in total. The van der Waals surface area contributed by atoms with Crippen LogP contribution in [0.2, 0.25) is 0 Å². The summed E-state index contributed by atoms with van der Waals surface area (Å²) >= 11 is 3.42. The van der Waals surface area contributed by atoms with Crippen LogP contribution in [0.4, 0.5) is 0 Å². The zero-order chi connectivity index (χ0) is 13.2. The monoisotopic (exact) mass is 319 g/mol. The van der Waals surface area contributed by atoms with Crippen molar-refractivity contribution in [1.82, 2.24) is 4.90 Å². The largest absolute Gasteiger partial charge is 0.378 e. The standard InChI is InChI=1S/C13H22BrNO3/c1-10-9-18-11(7-14)8-15(10)12(16)6-13(17-2)4-3-5-13/h10-11H,3-9H2,1-2H3. The lowest BCUT2D eigenvalue weighted by Crippen LogP contribution is -2.54. The molecule has 18 heavy (non-hydrogen) atoms. The fraction of sp³-hybridized carbons (Fsp3) is 0.923. The molecule has 5 heteroatoms. The van der Waals surface area contributed by atoms with Gasteiger partial charge >= 0.3 is 0 Å². The third-order valence-corrected chi connectivity index (χ3v) is 4.89. The van der Waals surface area contributed by atoms with Crippen LogP contribution in [0.5, 0.6) is 0 Å². The van der Waals surface area contributed by atoms with Crippen molar-refractivity contribution in [2.24, 2.45) is 0 Å². The Labute approximate surface area is 117 Å². The van der Waals surface area contributed by atoms with Crippen molar-refractivity contribution in [3.8, 4) is 0 Å². The first-order valence-corrected chi connectivity index (χ1v) is 7.74. The molecule has 0 bridgehead atoms. The van der Waals surface area contributed by atoms with Crippen molar-refractivity contribution in [3.05, 3.63) is 0 Å². The molecule has 0 aromatic rings. The minimum absolute atomic E-state index is 0.116. The first kappa shape index (κ1) is 14.3. The summed E-state index contributed by atoms with van der Waals surface area (Å²) in [6.45, 7) is 3.36. The van der Waals surface area contributed by atoms with Crippen LogP contribution >= 0.6 is 15.9 Å². The number of halogens is 1. The van der Waals surface area contributed by atoms with Gasteiger partial charge in [-0.15, -0.1) is 0 Å². The van der Waals surface area contributed by atoms with Gasteiger partial charge in [-0.2, -0.15) is 0 Å². The molecule has 0 spiro atoms. The molecular weight excluding hydrogens is 298 g/mol. The summed E-state index contributed by atoms with van der Waals surface area (Å²) in [6.07, 6.45) is 3.82. The minimum atomic E-state index is -0.182. The topological polar surface area (TPSA) is 38.8 Å². The lowest BCUT2D eigenvalue weighted by molar-refractivity contribution is -0.154. The Morgan fingerprint density at radius 3 is 2.78 bits per heavy atom. The number of hydrogen-bond acceptors (Lipinski definition) is 3. The highest BCUT2D eigenvalue weighted by Crippen LogP contribution is 2.38. The number of methoxy groups -OCH3 is 1. The highest BCUT2D eigenvalue weighted by Gasteiger charge is 2.41. The smallest absolute Gasteiger partial charge is 0.225 e. The number of ether oxygens (including phenoxy) is 2. The van der Waals surface area contributed by atoms with E-state index in [0.717, 1.165) is 18.2 Å². The lowest BCUT2D eigenvalue weighted by atomic mass is 9.77. The van der Waals surface area contributed by atoms with Crippen LogP contribution < -0.4 is 0 Å². The number of carbonyl (C=O) groups is 1. The molecule has 2 unspecified atom stereocenters. The Morgan fingerprint density at radius 1 is 1.56 bits per heavy atom. The predicted molar refractivity (Wildman–Crippen MR) is 72.9 cm³/mol. The molecule has 0 aromatic carbocycles. The first-order chi connectivity index (χ1) is 8.60. The highest BCUT2D eigenvalue weighted by atomic mass is 79.9. The van der Waals surface area contributed by atoms with E-state index in [4.69, 9.17) is 9.47 Å². The zero-order valence-electron chi connectivity index (χ0n) is 11.2. The molecule has 1 heterocycles. The number of nitrogens with zero attached hydrogens (tertiary/aromatic N) is 1. The van der Waals surface area contributed by atoms with Crippen LogP contribution in [0.1, 0.15) is 32.6 Å². The maximum atomic E-state index is 12.4. The second kappa shape index (κ2) is 5.88. The van der Waals surface area contributed by atoms with E-state index in [0.29, 0.717) is 19.6 Å². The summed E-state index contributed by atoms with van der Waals surface area (Å²) in [5, 5.41) is 0.777. The van der Waals surface area contributed by atoms with Gasteiger partial charge in [-0.25, -0.2) is 0 Å². The zero-order valence-corrected chi connectivity index (χ0v) is 12.7. The second-order valence-corrected chi connectivity index (χ2v) is 6.07. The van der Waals surface area contributed by atoms with E-state index in [1.54, 1.807) is 7.11 Å². The highest BCUT2D eigenvalue weighted by molar-refractivity contribution is 9.09. The van der Waals surface area contributed by atoms with E-state index in [9.17, 15) is 4.79 Å². The van der Waals surface area contributed by atoms with Crippen LogP contribution in [0.25, 0.3) is 0 Å². The molecule has 4 nitrogen and oxygen atoms in total. The fourth-order valence-corrected chi connectivity index (χ4v) is 3.05. The average Bonchev–Trinajstić information content (AvgIpc) is 2.34. The summed E-state index contributed by atoms with van der Waals surface area (Å²) in [4.78, 5) is 14.4. The second-order valence-electron chi connectivity index (χ2n) is 5.42.